The Kier molecular flexibility index (Phi) is 19.5. The Balaban J connectivity index is 0.000000111. The summed E-state index contributed by atoms with van der Waals surface area (Å²) in [5.74, 6) is 1.96. The highest BCUT2D eigenvalue weighted by Gasteiger charge is 2.51. The molecule has 18 aromatic carbocycles. The first-order chi connectivity index (χ1) is 68.2. The van der Waals surface area contributed by atoms with Crippen molar-refractivity contribution in [1.82, 2.24) is 15.0 Å². The third kappa shape index (κ3) is 13.3. The summed E-state index contributed by atoms with van der Waals surface area (Å²) < 4.78 is 25.5. The third-order valence-corrected chi connectivity index (χ3v) is 33.3. The van der Waals surface area contributed by atoms with E-state index in [1.165, 1.54) is 127 Å². The van der Waals surface area contributed by atoms with Crippen LogP contribution in [0.3, 0.4) is 0 Å². The molecule has 0 saturated carbocycles. The van der Waals surface area contributed by atoms with E-state index in [0.29, 0.717) is 17.5 Å². The maximum absolute atomic E-state index is 6.40. The molecule has 0 fully saturated rings. The first-order valence-corrected chi connectivity index (χ1v) is 49.3. The average molecular weight is 1830 g/mol. The van der Waals surface area contributed by atoms with Crippen molar-refractivity contribution in [3.05, 3.63) is 439 Å². The third-order valence-electron chi connectivity index (χ3n) is 33.3. The van der Waals surface area contributed by atoms with Gasteiger partial charge < -0.3 is 27.5 Å². The van der Waals surface area contributed by atoms with E-state index in [9.17, 15) is 0 Å². The van der Waals surface area contributed by atoms with E-state index >= 15 is 0 Å². The number of hydrogen-bond acceptors (Lipinski definition) is 9. The molecule has 5 heterocycles. The number of aromatic nitrogens is 3. The van der Waals surface area contributed by atoms with Crippen LogP contribution in [-0.2, 0) is 37.9 Å². The Labute approximate surface area is 822 Å². The van der Waals surface area contributed by atoms with Gasteiger partial charge in [0.2, 0.25) is 0 Å². The molecule has 684 valence electrons. The highest BCUT2D eigenvalue weighted by molar-refractivity contribution is 6.18. The van der Waals surface area contributed by atoms with E-state index in [4.69, 9.17) is 32.6 Å². The topological polar surface area (TPSA) is 97.7 Å². The zero-order chi connectivity index (χ0) is 96.1. The van der Waals surface area contributed by atoms with Crippen molar-refractivity contribution < 1.29 is 17.7 Å². The maximum Gasteiger partial charge on any atom is 0.164 e. The van der Waals surface area contributed by atoms with Crippen LogP contribution in [0, 0.1) is 0 Å². The number of para-hydroxylation sites is 6. The summed E-state index contributed by atoms with van der Waals surface area (Å²) >= 11 is 0. The normalized spacial score (nSPS) is 15.3. The van der Waals surface area contributed by atoms with Gasteiger partial charge in [0.1, 0.15) is 44.7 Å². The molecule has 27 rings (SSSR count). The van der Waals surface area contributed by atoms with Crippen molar-refractivity contribution in [3.8, 4) is 89.8 Å². The molecule has 4 aliphatic rings. The first kappa shape index (κ1) is 86.4. The predicted octanol–water partition coefficient (Wildman–Crippen LogP) is 36.5. The molecule has 0 spiro atoms. The predicted molar refractivity (Wildman–Crippen MR) is 585 cm³/mol. The van der Waals surface area contributed by atoms with E-state index in [0.717, 1.165) is 111 Å². The van der Waals surface area contributed by atoms with Crippen molar-refractivity contribution in [2.45, 2.75) is 135 Å². The number of benzene rings is 18. The Morgan fingerprint density at radius 2 is 0.482 bits per heavy atom. The van der Waals surface area contributed by atoms with Crippen molar-refractivity contribution in [1.29, 1.82) is 0 Å². The lowest BCUT2D eigenvalue weighted by molar-refractivity contribution is 0.299. The molecule has 0 atom stereocenters. The van der Waals surface area contributed by atoms with Crippen molar-refractivity contribution in [2.24, 2.45) is 0 Å². The minimum Gasteiger partial charge on any atom is -0.456 e. The van der Waals surface area contributed by atoms with Gasteiger partial charge in [0, 0.05) is 105 Å². The molecular formula is C132H107N5O4. The summed E-state index contributed by atoms with van der Waals surface area (Å²) in [5.41, 5.74) is 39.7. The molecule has 0 N–H and O–H groups in total. The first-order valence-electron chi connectivity index (χ1n) is 49.3. The van der Waals surface area contributed by atoms with Gasteiger partial charge in [0.25, 0.3) is 0 Å². The molecule has 0 radical (unpaired) electrons. The minimum absolute atomic E-state index is 0.0748. The molecule has 0 unspecified atom stereocenters. The van der Waals surface area contributed by atoms with Gasteiger partial charge in [-0.15, -0.1) is 0 Å². The molecule has 4 aliphatic carbocycles. The smallest absolute Gasteiger partial charge is 0.164 e. The van der Waals surface area contributed by atoms with Gasteiger partial charge in [-0.2, -0.15) is 0 Å². The second-order valence-corrected chi connectivity index (χ2v) is 42.5. The van der Waals surface area contributed by atoms with E-state index in [-0.39, 0.29) is 37.9 Å². The number of anilines is 6. The van der Waals surface area contributed by atoms with Crippen LogP contribution in [-0.4, -0.2) is 15.0 Å². The van der Waals surface area contributed by atoms with Gasteiger partial charge in [0.15, 0.2) is 17.5 Å². The Hall–Kier alpha value is -16.2. The minimum atomic E-state index is -0.149. The lowest BCUT2D eigenvalue weighted by atomic mass is 9.55. The van der Waals surface area contributed by atoms with Gasteiger partial charge in [-0.3, -0.25) is 0 Å². The van der Waals surface area contributed by atoms with Crippen molar-refractivity contribution in [2.75, 3.05) is 9.80 Å². The summed E-state index contributed by atoms with van der Waals surface area (Å²) in [7, 11) is 0. The molecule has 0 amide bonds. The van der Waals surface area contributed by atoms with E-state index in [2.05, 4.69) is 416 Å². The molecule has 0 aliphatic heterocycles. The summed E-state index contributed by atoms with van der Waals surface area (Å²) in [6.45, 7) is 33.4. The van der Waals surface area contributed by atoms with Gasteiger partial charge in [-0.1, -0.05) is 358 Å². The van der Waals surface area contributed by atoms with Crippen LogP contribution < -0.4 is 9.80 Å². The van der Waals surface area contributed by atoms with Crippen LogP contribution in [0.5, 0.6) is 0 Å². The number of hydrogen-bond donors (Lipinski definition) is 0. The van der Waals surface area contributed by atoms with Crippen LogP contribution in [0.4, 0.5) is 34.1 Å². The van der Waals surface area contributed by atoms with E-state index in [1.807, 2.05) is 84.9 Å². The van der Waals surface area contributed by atoms with Crippen LogP contribution in [0.1, 0.15) is 141 Å². The largest absolute Gasteiger partial charge is 0.456 e. The highest BCUT2D eigenvalue weighted by Crippen LogP contribution is 2.63. The molecule has 0 bridgehead atoms. The molecule has 9 nitrogen and oxygen atoms in total. The Bertz CT molecular complexity index is 8970. The molecule has 141 heavy (non-hydrogen) atoms. The SMILES string of the molecule is CC1(C)c2cc(-c3cccc(-c4nc(-c5ccccc5)nc(-c5ccccc5)n4)c3)ccc2-c2c(ccc3oc4ccccc4c23)C1(C)C.CC1(C)c2cc(N(c3ccccc3)c3ccc4c(c3)oc3ccccc34)ccc2-c2c(ccc3oc4ccccc4c23)C1(C)C.CC1(C)c2ccccc2-c2ccc(N(c3ccccc3)c3ccc4c(c3)C(C)(C)C(C)(C)c3ccc5oc6ccccc6c5c3-4)cc21. The van der Waals surface area contributed by atoms with E-state index < -0.39 is 0 Å². The molecular weight excluding hydrogens is 1720 g/mol. The summed E-state index contributed by atoms with van der Waals surface area (Å²) in [6, 6.07) is 141. The fourth-order valence-electron chi connectivity index (χ4n) is 23.7. The second-order valence-electron chi connectivity index (χ2n) is 42.5. The van der Waals surface area contributed by atoms with E-state index in [1.54, 1.807) is 0 Å². The zero-order valence-corrected chi connectivity index (χ0v) is 81.9. The average Bonchev–Trinajstić information content (AvgIpc) is 1.69. The maximum atomic E-state index is 6.40. The monoisotopic (exact) mass is 1830 g/mol. The fourth-order valence-corrected chi connectivity index (χ4v) is 23.7. The Morgan fingerprint density at radius 3 is 0.936 bits per heavy atom. The Morgan fingerprint density at radius 1 is 0.177 bits per heavy atom. The van der Waals surface area contributed by atoms with Crippen molar-refractivity contribution >= 4 is 122 Å². The molecule has 5 aromatic heterocycles. The summed E-state index contributed by atoms with van der Waals surface area (Å²) in [6.07, 6.45) is 0. The lowest BCUT2D eigenvalue weighted by Gasteiger charge is -2.48. The number of furan rings is 4. The lowest BCUT2D eigenvalue weighted by Crippen LogP contribution is -2.43. The second kappa shape index (κ2) is 31.9. The van der Waals surface area contributed by atoms with Crippen molar-refractivity contribution in [3.63, 3.8) is 0 Å². The quantitative estimate of drug-likeness (QED) is 0.133. The number of rotatable bonds is 10. The van der Waals surface area contributed by atoms with Crippen LogP contribution in [0.15, 0.2) is 412 Å². The van der Waals surface area contributed by atoms with Gasteiger partial charge in [-0.05, 0) is 260 Å². The highest BCUT2D eigenvalue weighted by atomic mass is 16.3. The van der Waals surface area contributed by atoms with Gasteiger partial charge >= 0.3 is 0 Å². The summed E-state index contributed by atoms with van der Waals surface area (Å²) in [4.78, 5) is 19.6. The van der Waals surface area contributed by atoms with Gasteiger partial charge in [0.05, 0.1) is 0 Å². The number of nitrogens with zero attached hydrogens (tertiary/aromatic N) is 5. The molecule has 9 heteroatoms. The van der Waals surface area contributed by atoms with Crippen LogP contribution in [0.2, 0.25) is 0 Å². The van der Waals surface area contributed by atoms with Crippen LogP contribution in [0.25, 0.3) is 178 Å². The number of fused-ring (bicyclic) bond motifs is 27. The molecule has 23 aromatic rings. The fraction of sp³-hybridized carbons (Fsp3) is 0.159. The van der Waals surface area contributed by atoms with Crippen LogP contribution >= 0.6 is 0 Å². The standard InChI is InChI=1S/C45H35N3O.C45H39NO.C42H33NO2/c1-44(2)35-24-25-38-40(34-20-11-12-21-37(34)49-38)39(35)33-23-22-31(27-36(33)45(44,3)4)30-18-13-19-32(26-30)43-47-41(28-14-7-5-8-15-28)46-42(48-43)29-16-9-6-10-17-29;1-43(2)35-18-12-10-16-31(35)32-22-20-29(26-37(32)43)46(28-14-8-7-9-15-28)30-21-23-33-38(27-30)45(5,6)44(3,4)36-24-25-40-42(41(33)36)34-17-11-13-19-39(34)47-40;1-41(2)33-22-23-37-40(32-15-9-11-17-36(32)44-37)39(33)31-21-19-27(24-34(31)42(41,3)4)43(26-12-6-5-7-13-26)28-18-20-30-29-14-8-10-16-35(29)45-38(30)25-28/h5-27H,1-4H3;7-27H,1-6H3;5-25H,1-4H3. The summed E-state index contributed by atoms with van der Waals surface area (Å²) in [5, 5.41) is 9.40. The molecule has 0 saturated heterocycles. The van der Waals surface area contributed by atoms with Gasteiger partial charge in [-0.25, -0.2) is 15.0 Å². The zero-order valence-electron chi connectivity index (χ0n) is 81.9.